The van der Waals surface area contributed by atoms with Gasteiger partial charge in [-0.15, -0.1) is 0 Å². The third-order valence-corrected chi connectivity index (χ3v) is 5.51. The van der Waals surface area contributed by atoms with E-state index in [9.17, 15) is 26.7 Å². The van der Waals surface area contributed by atoms with Gasteiger partial charge < -0.3 is 24.3 Å². The zero-order valence-electron chi connectivity index (χ0n) is 18.5. The van der Waals surface area contributed by atoms with Crippen molar-refractivity contribution < 1.29 is 45.7 Å². The molecule has 4 rings (SSSR count). The molecule has 1 N–H and O–H groups in total. The SMILES string of the molecule is O=C(N[C@H]1COc2ccc(COCC(F)(F)F)cc2C1)c1cc2n(n1)CC[C@H](CCOC(F)F)O2. The van der Waals surface area contributed by atoms with Crippen LogP contribution in [0.1, 0.15) is 34.5 Å². The van der Waals surface area contributed by atoms with E-state index < -0.39 is 25.3 Å². The predicted octanol–water partition coefficient (Wildman–Crippen LogP) is 3.48. The van der Waals surface area contributed by atoms with Crippen molar-refractivity contribution in [1.29, 1.82) is 0 Å². The number of alkyl halides is 5. The van der Waals surface area contributed by atoms with Crippen LogP contribution in [0.15, 0.2) is 24.3 Å². The number of carbonyl (C=O) groups excluding carboxylic acids is 1. The van der Waals surface area contributed by atoms with Crippen LogP contribution in [-0.4, -0.2) is 60.4 Å². The zero-order chi connectivity index (χ0) is 25.0. The van der Waals surface area contributed by atoms with E-state index in [1.54, 1.807) is 22.9 Å². The Morgan fingerprint density at radius 1 is 1.29 bits per heavy atom. The van der Waals surface area contributed by atoms with E-state index >= 15 is 0 Å². The van der Waals surface area contributed by atoms with E-state index in [2.05, 4.69) is 15.2 Å². The van der Waals surface area contributed by atoms with E-state index in [-0.39, 0.29) is 37.7 Å². The minimum Gasteiger partial charge on any atom is -0.491 e. The summed E-state index contributed by atoms with van der Waals surface area (Å²) in [6, 6.07) is 6.12. The van der Waals surface area contributed by atoms with E-state index in [0.717, 1.165) is 5.56 Å². The molecule has 0 unspecified atom stereocenters. The number of benzene rings is 1. The molecule has 1 amide bonds. The topological polar surface area (TPSA) is 83.8 Å². The van der Waals surface area contributed by atoms with Crippen molar-refractivity contribution in [1.82, 2.24) is 15.1 Å². The minimum absolute atomic E-state index is 0.136. The number of rotatable bonds is 9. The van der Waals surface area contributed by atoms with Gasteiger partial charge in [-0.2, -0.15) is 27.1 Å². The van der Waals surface area contributed by atoms with Crippen LogP contribution in [0.25, 0.3) is 0 Å². The Balaban J connectivity index is 1.31. The van der Waals surface area contributed by atoms with Crippen LogP contribution in [0.5, 0.6) is 11.6 Å². The number of aryl methyl sites for hydroxylation is 1. The summed E-state index contributed by atoms with van der Waals surface area (Å²) >= 11 is 0. The third kappa shape index (κ3) is 7.04. The number of hydrogen-bond donors (Lipinski definition) is 1. The number of carbonyl (C=O) groups is 1. The van der Waals surface area contributed by atoms with Crippen LogP contribution >= 0.6 is 0 Å². The van der Waals surface area contributed by atoms with Crippen molar-refractivity contribution in [3.63, 3.8) is 0 Å². The molecule has 0 saturated heterocycles. The maximum absolute atomic E-state index is 12.7. The maximum Gasteiger partial charge on any atom is 0.411 e. The first-order valence-corrected chi connectivity index (χ1v) is 11.0. The normalized spacial score (nSPS) is 19.5. The highest BCUT2D eigenvalue weighted by molar-refractivity contribution is 5.92. The highest BCUT2D eigenvalue weighted by atomic mass is 19.4. The van der Waals surface area contributed by atoms with Crippen LogP contribution < -0.4 is 14.8 Å². The number of fused-ring (bicyclic) bond motifs is 2. The maximum atomic E-state index is 12.7. The smallest absolute Gasteiger partial charge is 0.411 e. The molecule has 8 nitrogen and oxygen atoms in total. The zero-order valence-corrected chi connectivity index (χ0v) is 18.5. The first kappa shape index (κ1) is 25.2. The molecule has 0 aliphatic carbocycles. The van der Waals surface area contributed by atoms with Crippen molar-refractivity contribution in [3.8, 4) is 11.6 Å². The Morgan fingerprint density at radius 2 is 2.11 bits per heavy atom. The summed E-state index contributed by atoms with van der Waals surface area (Å²) in [5, 5.41) is 7.10. The Labute approximate surface area is 197 Å². The molecule has 192 valence electrons. The highest BCUT2D eigenvalue weighted by Crippen LogP contribution is 2.27. The molecule has 13 heteroatoms. The summed E-state index contributed by atoms with van der Waals surface area (Å²) in [4.78, 5) is 12.7. The fourth-order valence-electron chi connectivity index (χ4n) is 3.93. The van der Waals surface area contributed by atoms with Gasteiger partial charge in [-0.3, -0.25) is 4.79 Å². The molecular weight excluding hydrogens is 481 g/mol. The van der Waals surface area contributed by atoms with Crippen LogP contribution in [0.4, 0.5) is 22.0 Å². The molecule has 3 heterocycles. The molecule has 0 bridgehead atoms. The van der Waals surface area contributed by atoms with Crippen molar-refractivity contribution >= 4 is 5.91 Å². The minimum atomic E-state index is -4.40. The van der Waals surface area contributed by atoms with Gasteiger partial charge in [-0.1, -0.05) is 6.07 Å². The predicted molar refractivity (Wildman–Crippen MR) is 110 cm³/mol. The molecule has 2 aliphatic rings. The van der Waals surface area contributed by atoms with Gasteiger partial charge in [0.05, 0.1) is 19.3 Å². The van der Waals surface area contributed by atoms with Gasteiger partial charge in [-0.25, -0.2) is 4.68 Å². The van der Waals surface area contributed by atoms with Crippen LogP contribution in [0.2, 0.25) is 0 Å². The van der Waals surface area contributed by atoms with Gasteiger partial charge in [0.1, 0.15) is 25.1 Å². The first-order valence-electron chi connectivity index (χ1n) is 11.0. The monoisotopic (exact) mass is 505 g/mol. The lowest BCUT2D eigenvalue weighted by Gasteiger charge is -2.26. The average Bonchev–Trinajstić information content (AvgIpc) is 3.21. The Kier molecular flexibility index (Phi) is 7.75. The molecule has 35 heavy (non-hydrogen) atoms. The Hall–Kier alpha value is -2.93. The van der Waals surface area contributed by atoms with Gasteiger partial charge in [0.25, 0.3) is 5.91 Å². The number of ether oxygens (including phenoxy) is 4. The third-order valence-electron chi connectivity index (χ3n) is 5.51. The molecule has 0 spiro atoms. The number of nitrogens with zero attached hydrogens (tertiary/aromatic N) is 2. The van der Waals surface area contributed by atoms with Gasteiger partial charge in [-0.05, 0) is 29.7 Å². The van der Waals surface area contributed by atoms with Gasteiger partial charge in [0.15, 0.2) is 5.69 Å². The number of halogens is 5. The quantitative estimate of drug-likeness (QED) is 0.526. The van der Waals surface area contributed by atoms with Crippen molar-refractivity contribution in [2.24, 2.45) is 0 Å². The Bertz CT molecular complexity index is 1030. The summed E-state index contributed by atoms with van der Waals surface area (Å²) in [6.07, 6.45) is -3.45. The molecule has 0 saturated carbocycles. The summed E-state index contributed by atoms with van der Waals surface area (Å²) in [7, 11) is 0. The number of aromatic nitrogens is 2. The standard InChI is InChI=1S/C22H24F5N3O5/c23-21(24)33-6-4-16-3-5-30-19(35-16)9-17(29-30)20(31)28-15-8-14-7-13(1-2-18(14)34-11-15)10-32-12-22(25,26)27/h1-2,7,9,15-16,21H,3-6,8,10-12H2,(H,28,31)/t15-,16-/m1/s1. The van der Waals surface area contributed by atoms with Crippen molar-refractivity contribution in [3.05, 3.63) is 41.1 Å². The average molecular weight is 505 g/mol. The van der Waals surface area contributed by atoms with Crippen LogP contribution in [0.3, 0.4) is 0 Å². The second kappa shape index (κ2) is 10.8. The summed E-state index contributed by atoms with van der Waals surface area (Å²) in [5.74, 6) is 0.537. The molecular formula is C22H24F5N3O5. The molecule has 0 fully saturated rings. The number of amides is 1. The van der Waals surface area contributed by atoms with Gasteiger partial charge >= 0.3 is 12.8 Å². The van der Waals surface area contributed by atoms with E-state index in [1.807, 2.05) is 0 Å². The van der Waals surface area contributed by atoms with Gasteiger partial charge in [0.2, 0.25) is 5.88 Å². The van der Waals surface area contributed by atoms with Crippen LogP contribution in [-0.2, 0) is 29.0 Å². The first-order chi connectivity index (χ1) is 16.7. The second-order valence-electron chi connectivity index (χ2n) is 8.28. The van der Waals surface area contributed by atoms with E-state index in [0.29, 0.717) is 43.0 Å². The van der Waals surface area contributed by atoms with Gasteiger partial charge in [0, 0.05) is 25.5 Å². The molecule has 0 radical (unpaired) electrons. The fraction of sp³-hybridized carbons (Fsp3) is 0.545. The van der Waals surface area contributed by atoms with E-state index in [1.165, 1.54) is 6.07 Å². The van der Waals surface area contributed by atoms with E-state index in [4.69, 9.17) is 14.2 Å². The van der Waals surface area contributed by atoms with Crippen LogP contribution in [0, 0.1) is 0 Å². The van der Waals surface area contributed by atoms with Crippen molar-refractivity contribution in [2.45, 2.75) is 57.3 Å². The largest absolute Gasteiger partial charge is 0.491 e. The lowest BCUT2D eigenvalue weighted by Crippen LogP contribution is -2.43. The molecule has 1 aromatic carbocycles. The number of nitrogens with one attached hydrogen (secondary N) is 1. The highest BCUT2D eigenvalue weighted by Gasteiger charge is 2.28. The molecule has 2 aliphatic heterocycles. The summed E-state index contributed by atoms with van der Waals surface area (Å²) in [5.41, 5.74) is 1.46. The summed E-state index contributed by atoms with van der Waals surface area (Å²) in [6.45, 7) is -3.80. The fourth-order valence-corrected chi connectivity index (χ4v) is 3.93. The molecule has 1 aromatic heterocycles. The van der Waals surface area contributed by atoms with Crippen molar-refractivity contribution in [2.75, 3.05) is 19.8 Å². The number of hydrogen-bond acceptors (Lipinski definition) is 6. The summed E-state index contributed by atoms with van der Waals surface area (Å²) < 4.78 is 83.0. The lowest BCUT2D eigenvalue weighted by atomic mass is 10.0. The molecule has 2 atom stereocenters. The lowest BCUT2D eigenvalue weighted by molar-refractivity contribution is -0.176. The molecule has 2 aromatic rings. The Morgan fingerprint density at radius 3 is 2.89 bits per heavy atom. The second-order valence-corrected chi connectivity index (χ2v) is 8.28.